The molecule has 0 bridgehead atoms. The van der Waals surface area contributed by atoms with Crippen molar-refractivity contribution in [2.45, 2.75) is 39.0 Å². The molecule has 0 amide bonds. The molecule has 1 aromatic heterocycles. The van der Waals surface area contributed by atoms with Gasteiger partial charge < -0.3 is 16.5 Å². The fourth-order valence-electron chi connectivity index (χ4n) is 1.81. The Hall–Kier alpha value is -0.690. The molecule has 0 aliphatic heterocycles. The SMILES string of the molecule is CCC(C)(CC)c1c(N)[nH]c(P)c1N. The smallest absolute Gasteiger partial charge is 0.107 e. The van der Waals surface area contributed by atoms with Crippen LogP contribution in [0, 0.1) is 0 Å². The summed E-state index contributed by atoms with van der Waals surface area (Å²) in [5.74, 6) is 0.707. The molecule has 0 radical (unpaired) electrons. The minimum atomic E-state index is 0.0828. The van der Waals surface area contributed by atoms with E-state index in [1.165, 1.54) is 0 Å². The number of nitrogens with two attached hydrogens (primary N) is 2. The summed E-state index contributed by atoms with van der Waals surface area (Å²) in [5, 5.41) is 0. The average molecular weight is 213 g/mol. The van der Waals surface area contributed by atoms with Gasteiger partial charge in [-0.3, -0.25) is 0 Å². The molecule has 0 spiro atoms. The largest absolute Gasteiger partial charge is 0.397 e. The first kappa shape index (κ1) is 11.4. The van der Waals surface area contributed by atoms with E-state index in [-0.39, 0.29) is 5.41 Å². The Morgan fingerprint density at radius 1 is 1.29 bits per heavy atom. The van der Waals surface area contributed by atoms with Gasteiger partial charge in [0.2, 0.25) is 0 Å². The molecular weight excluding hydrogens is 193 g/mol. The average Bonchev–Trinajstić information content (AvgIpc) is 2.41. The third-order valence-corrected chi connectivity index (χ3v) is 3.72. The molecule has 1 aromatic rings. The highest BCUT2D eigenvalue weighted by Crippen LogP contribution is 2.38. The second-order valence-corrected chi connectivity index (χ2v) is 4.59. The number of rotatable bonds is 3. The van der Waals surface area contributed by atoms with Crippen LogP contribution in [0.4, 0.5) is 11.5 Å². The third-order valence-electron chi connectivity index (χ3n) is 3.26. The number of aromatic amines is 1. The molecule has 14 heavy (non-hydrogen) atoms. The van der Waals surface area contributed by atoms with Crippen molar-refractivity contribution in [2.75, 3.05) is 11.5 Å². The summed E-state index contributed by atoms with van der Waals surface area (Å²) in [6.45, 7) is 6.53. The van der Waals surface area contributed by atoms with E-state index >= 15 is 0 Å². The lowest BCUT2D eigenvalue weighted by Crippen LogP contribution is -2.22. The zero-order chi connectivity index (χ0) is 10.9. The number of aromatic nitrogens is 1. The molecule has 80 valence electrons. The monoisotopic (exact) mass is 213 g/mol. The normalized spacial score (nSPS) is 12.0. The molecule has 5 N–H and O–H groups in total. The van der Waals surface area contributed by atoms with Gasteiger partial charge in [-0.05, 0) is 18.3 Å². The molecule has 1 unspecified atom stereocenters. The summed E-state index contributed by atoms with van der Waals surface area (Å²) in [6, 6.07) is 0. The number of nitrogens with one attached hydrogen (secondary N) is 1. The van der Waals surface area contributed by atoms with Crippen LogP contribution in [-0.4, -0.2) is 4.98 Å². The lowest BCUT2D eigenvalue weighted by atomic mass is 9.78. The van der Waals surface area contributed by atoms with Crippen molar-refractivity contribution in [1.82, 2.24) is 4.98 Å². The van der Waals surface area contributed by atoms with E-state index in [2.05, 4.69) is 35.0 Å². The Morgan fingerprint density at radius 2 is 1.79 bits per heavy atom. The van der Waals surface area contributed by atoms with Crippen LogP contribution in [0.1, 0.15) is 39.2 Å². The number of nitrogen functional groups attached to an aromatic ring is 2. The quantitative estimate of drug-likeness (QED) is 0.670. The zero-order valence-electron chi connectivity index (χ0n) is 9.15. The lowest BCUT2D eigenvalue weighted by molar-refractivity contribution is 0.442. The van der Waals surface area contributed by atoms with Gasteiger partial charge in [0.1, 0.15) is 5.82 Å². The summed E-state index contributed by atoms with van der Waals surface area (Å²) in [4.78, 5) is 3.07. The topological polar surface area (TPSA) is 67.8 Å². The lowest BCUT2D eigenvalue weighted by Gasteiger charge is -2.27. The van der Waals surface area contributed by atoms with Gasteiger partial charge >= 0.3 is 0 Å². The molecule has 0 aromatic carbocycles. The first-order valence-electron chi connectivity index (χ1n) is 4.99. The minimum absolute atomic E-state index is 0.0828. The van der Waals surface area contributed by atoms with Crippen LogP contribution in [0.25, 0.3) is 0 Å². The third kappa shape index (κ3) is 1.61. The summed E-state index contributed by atoms with van der Waals surface area (Å²) in [7, 11) is 2.58. The maximum atomic E-state index is 6.01. The Labute approximate surface area is 87.8 Å². The van der Waals surface area contributed by atoms with Gasteiger partial charge in [-0.15, -0.1) is 0 Å². The Morgan fingerprint density at radius 3 is 2.07 bits per heavy atom. The van der Waals surface area contributed by atoms with Crippen LogP contribution in [0.5, 0.6) is 0 Å². The predicted octanol–water partition coefficient (Wildman–Crippen LogP) is 1.76. The number of H-pyrrole nitrogens is 1. The van der Waals surface area contributed by atoms with E-state index in [1.54, 1.807) is 0 Å². The van der Waals surface area contributed by atoms with Crippen LogP contribution in [-0.2, 0) is 5.41 Å². The second-order valence-electron chi connectivity index (χ2n) is 4.01. The van der Waals surface area contributed by atoms with E-state index in [1.807, 2.05) is 0 Å². The highest BCUT2D eigenvalue weighted by molar-refractivity contribution is 7.27. The molecule has 1 rings (SSSR count). The van der Waals surface area contributed by atoms with E-state index in [0.29, 0.717) is 5.82 Å². The van der Waals surface area contributed by atoms with Crippen molar-refractivity contribution >= 4 is 26.2 Å². The Balaban J connectivity index is 3.29. The van der Waals surface area contributed by atoms with Crippen LogP contribution < -0.4 is 16.9 Å². The van der Waals surface area contributed by atoms with Gasteiger partial charge in [-0.1, -0.05) is 30.0 Å². The first-order chi connectivity index (χ1) is 6.46. The van der Waals surface area contributed by atoms with Crippen LogP contribution in [0.2, 0.25) is 0 Å². The number of hydrogen-bond acceptors (Lipinski definition) is 2. The highest BCUT2D eigenvalue weighted by atomic mass is 31.0. The van der Waals surface area contributed by atoms with Crippen LogP contribution >= 0.6 is 9.24 Å². The zero-order valence-corrected chi connectivity index (χ0v) is 10.3. The summed E-state index contributed by atoms with van der Waals surface area (Å²) in [6.07, 6.45) is 2.08. The maximum absolute atomic E-state index is 6.01. The summed E-state index contributed by atoms with van der Waals surface area (Å²) in [5.41, 5.74) is 14.8. The van der Waals surface area contributed by atoms with Gasteiger partial charge in [0.15, 0.2) is 0 Å². The standard InChI is InChI=1S/C10H20N3P/c1-4-10(3,5-2)6-7(11)9(14)13-8(6)12/h13H,4-5,11-12,14H2,1-3H3. The van der Waals surface area contributed by atoms with Crippen molar-refractivity contribution in [2.24, 2.45) is 0 Å². The fraction of sp³-hybridized carbons (Fsp3) is 0.600. The molecule has 0 fully saturated rings. The molecule has 1 atom stereocenters. The molecular formula is C10H20N3P. The van der Waals surface area contributed by atoms with Crippen molar-refractivity contribution in [3.8, 4) is 0 Å². The van der Waals surface area contributed by atoms with Crippen LogP contribution in [0.3, 0.4) is 0 Å². The molecule has 0 saturated heterocycles. The molecule has 4 heteroatoms. The van der Waals surface area contributed by atoms with Crippen molar-refractivity contribution in [1.29, 1.82) is 0 Å². The molecule has 0 aliphatic rings. The second kappa shape index (κ2) is 3.82. The van der Waals surface area contributed by atoms with Gasteiger partial charge in [-0.25, -0.2) is 0 Å². The summed E-state index contributed by atoms with van der Waals surface area (Å²) < 4.78 is 0. The Bertz CT molecular complexity index is 326. The molecule has 3 nitrogen and oxygen atoms in total. The van der Waals surface area contributed by atoms with Crippen molar-refractivity contribution in [3.63, 3.8) is 0 Å². The van der Waals surface area contributed by atoms with E-state index < -0.39 is 0 Å². The van der Waals surface area contributed by atoms with Crippen LogP contribution in [0.15, 0.2) is 0 Å². The fourth-order valence-corrected chi connectivity index (χ4v) is 2.11. The van der Waals surface area contributed by atoms with Gasteiger partial charge in [0.25, 0.3) is 0 Å². The number of anilines is 2. The first-order valence-corrected chi connectivity index (χ1v) is 5.56. The minimum Gasteiger partial charge on any atom is -0.397 e. The molecule has 0 saturated carbocycles. The highest BCUT2D eigenvalue weighted by Gasteiger charge is 2.29. The summed E-state index contributed by atoms with van der Waals surface area (Å²) >= 11 is 0. The van der Waals surface area contributed by atoms with E-state index in [4.69, 9.17) is 11.5 Å². The number of hydrogen-bond donors (Lipinski definition) is 3. The predicted molar refractivity (Wildman–Crippen MR) is 66.9 cm³/mol. The maximum Gasteiger partial charge on any atom is 0.107 e. The van der Waals surface area contributed by atoms with E-state index in [0.717, 1.165) is 29.5 Å². The van der Waals surface area contributed by atoms with Gasteiger partial charge in [0.05, 0.1) is 11.1 Å². The Kier molecular flexibility index (Phi) is 3.10. The van der Waals surface area contributed by atoms with Crippen molar-refractivity contribution < 1.29 is 0 Å². The van der Waals surface area contributed by atoms with Gasteiger partial charge in [-0.2, -0.15) is 0 Å². The van der Waals surface area contributed by atoms with Crippen molar-refractivity contribution in [3.05, 3.63) is 5.56 Å². The van der Waals surface area contributed by atoms with Gasteiger partial charge in [0, 0.05) is 5.56 Å². The molecule has 0 aliphatic carbocycles. The van der Waals surface area contributed by atoms with E-state index in [9.17, 15) is 0 Å². The molecule has 1 heterocycles.